The molecule has 0 aliphatic heterocycles. The summed E-state index contributed by atoms with van der Waals surface area (Å²) >= 11 is 0. The van der Waals surface area contributed by atoms with Gasteiger partial charge in [0.15, 0.2) is 6.61 Å². The highest BCUT2D eigenvalue weighted by Crippen LogP contribution is 2.48. The summed E-state index contributed by atoms with van der Waals surface area (Å²) in [6.07, 6.45) is 2.28. The van der Waals surface area contributed by atoms with Crippen LogP contribution in [0.15, 0.2) is 18.2 Å². The highest BCUT2D eigenvalue weighted by Gasteiger charge is 2.51. The molecule has 3 rings (SSSR count). The Morgan fingerprint density at radius 1 is 1.17 bits per heavy atom. The first-order valence-corrected chi connectivity index (χ1v) is 12.8. The molecule has 1 fully saturated rings. The van der Waals surface area contributed by atoms with Gasteiger partial charge < -0.3 is 19.7 Å². The van der Waals surface area contributed by atoms with Gasteiger partial charge in [-0.2, -0.15) is 13.2 Å². The van der Waals surface area contributed by atoms with E-state index in [2.05, 4.69) is 11.7 Å². The molecule has 0 amide bonds. The van der Waals surface area contributed by atoms with Gasteiger partial charge in [-0.1, -0.05) is 38.3 Å². The molecular formula is C27H39F3O5. The fourth-order valence-corrected chi connectivity index (χ4v) is 5.61. The normalized spacial score (nSPS) is 25.0. The summed E-state index contributed by atoms with van der Waals surface area (Å²) in [5.74, 6) is 0.117. The average Bonchev–Trinajstić information content (AvgIpc) is 3.07. The lowest BCUT2D eigenvalue weighted by molar-refractivity contribution is -0.257. The Morgan fingerprint density at radius 2 is 1.91 bits per heavy atom. The van der Waals surface area contributed by atoms with Crippen LogP contribution in [-0.4, -0.2) is 46.8 Å². The number of fused-ring (bicyclic) bond motifs is 2. The van der Waals surface area contributed by atoms with Crippen LogP contribution in [0.3, 0.4) is 0 Å². The van der Waals surface area contributed by atoms with Crippen LogP contribution in [0.1, 0.15) is 76.8 Å². The largest absolute Gasteiger partial charge is 0.482 e. The third-order valence-electron chi connectivity index (χ3n) is 7.72. The van der Waals surface area contributed by atoms with Crippen LogP contribution in [-0.2, 0) is 22.4 Å². The number of esters is 1. The van der Waals surface area contributed by atoms with Crippen molar-refractivity contribution in [2.24, 2.45) is 17.8 Å². The number of rotatable bonds is 11. The lowest BCUT2D eigenvalue weighted by atomic mass is 9.73. The van der Waals surface area contributed by atoms with Crippen molar-refractivity contribution in [1.29, 1.82) is 0 Å². The van der Waals surface area contributed by atoms with Gasteiger partial charge in [-0.25, -0.2) is 4.79 Å². The molecule has 5 nitrogen and oxygen atoms in total. The maximum atomic E-state index is 13.0. The zero-order valence-corrected chi connectivity index (χ0v) is 20.9. The third kappa shape index (κ3) is 6.91. The van der Waals surface area contributed by atoms with Gasteiger partial charge in [0, 0.05) is 0 Å². The van der Waals surface area contributed by atoms with Crippen LogP contribution in [0.5, 0.6) is 5.75 Å². The van der Waals surface area contributed by atoms with E-state index in [-0.39, 0.29) is 17.9 Å². The first-order valence-electron chi connectivity index (χ1n) is 12.8. The molecular weight excluding hydrogens is 461 g/mol. The number of halogens is 3. The van der Waals surface area contributed by atoms with Crippen molar-refractivity contribution < 1.29 is 37.7 Å². The molecule has 0 bridgehead atoms. The molecule has 1 saturated carbocycles. The minimum absolute atomic E-state index is 0.137. The molecule has 1 aromatic rings. The van der Waals surface area contributed by atoms with Gasteiger partial charge in [-0.15, -0.1) is 0 Å². The van der Waals surface area contributed by atoms with Crippen molar-refractivity contribution in [1.82, 2.24) is 0 Å². The van der Waals surface area contributed by atoms with Crippen molar-refractivity contribution in [2.75, 3.05) is 6.61 Å². The summed E-state index contributed by atoms with van der Waals surface area (Å²) in [6, 6.07) is 5.54. The molecule has 0 unspecified atom stereocenters. The summed E-state index contributed by atoms with van der Waals surface area (Å²) in [5, 5.41) is 21.1. The Hall–Kier alpha value is -1.80. The molecule has 2 N–H and O–H groups in total. The standard InChI is InChI=1S/C27H39F3O5/c1-4-5-6-9-19(31)11-12-20-21-13-17-8-7-10-24(22(17)14-18(21)15-23(20)32)34-16-25(33)35-26(2,3)27(28,29)30/h7-8,10,18-21,23,31-32H,4-6,9,11-16H2,1-3H3/t18-,19-,20+,21-,23+/m0/s1. The van der Waals surface area contributed by atoms with Gasteiger partial charge in [0.1, 0.15) is 5.75 Å². The third-order valence-corrected chi connectivity index (χ3v) is 7.72. The molecule has 0 radical (unpaired) electrons. The van der Waals surface area contributed by atoms with E-state index in [0.29, 0.717) is 30.9 Å². The van der Waals surface area contributed by atoms with Gasteiger partial charge in [-0.3, -0.25) is 0 Å². The van der Waals surface area contributed by atoms with Crippen LogP contribution >= 0.6 is 0 Å². The number of aliphatic hydroxyl groups is 2. The van der Waals surface area contributed by atoms with E-state index in [4.69, 9.17) is 4.74 Å². The minimum Gasteiger partial charge on any atom is -0.482 e. The Balaban J connectivity index is 1.60. The smallest absolute Gasteiger partial charge is 0.427 e. The SMILES string of the molecule is CCCCC[C@H](O)CC[C@@H]1[C@H]2Cc3cccc(OCC(=O)OC(C)(C)C(F)(F)F)c3C[C@H]2C[C@H]1O. The minimum atomic E-state index is -4.67. The number of hydrogen-bond acceptors (Lipinski definition) is 5. The molecule has 35 heavy (non-hydrogen) atoms. The molecule has 2 aliphatic rings. The molecule has 0 aromatic heterocycles. The van der Waals surface area contributed by atoms with Crippen LogP contribution < -0.4 is 4.74 Å². The highest BCUT2D eigenvalue weighted by atomic mass is 19.4. The average molecular weight is 501 g/mol. The van der Waals surface area contributed by atoms with Crippen molar-refractivity contribution >= 4 is 5.97 Å². The zero-order chi connectivity index (χ0) is 25.8. The summed E-state index contributed by atoms with van der Waals surface area (Å²) in [7, 11) is 0. The number of ether oxygens (including phenoxy) is 2. The number of aliphatic hydroxyl groups excluding tert-OH is 2. The van der Waals surface area contributed by atoms with Gasteiger partial charge in [0.05, 0.1) is 12.2 Å². The van der Waals surface area contributed by atoms with E-state index in [9.17, 15) is 28.2 Å². The predicted octanol–water partition coefficient (Wildman–Crippen LogP) is 5.38. The fraction of sp³-hybridized carbons (Fsp3) is 0.741. The second-order valence-electron chi connectivity index (χ2n) is 10.7. The first-order chi connectivity index (χ1) is 16.4. The maximum absolute atomic E-state index is 13.0. The Bertz CT molecular complexity index is 854. The Kier molecular flexibility index (Phi) is 9.13. The summed E-state index contributed by atoms with van der Waals surface area (Å²) in [4.78, 5) is 12.0. The molecule has 5 atom stereocenters. The molecule has 2 aliphatic carbocycles. The zero-order valence-electron chi connectivity index (χ0n) is 20.9. The second kappa shape index (κ2) is 11.5. The molecule has 198 valence electrons. The number of alkyl halides is 3. The van der Waals surface area contributed by atoms with E-state index in [1.807, 2.05) is 12.1 Å². The maximum Gasteiger partial charge on any atom is 0.427 e. The van der Waals surface area contributed by atoms with E-state index < -0.39 is 30.5 Å². The van der Waals surface area contributed by atoms with E-state index in [0.717, 1.165) is 63.5 Å². The van der Waals surface area contributed by atoms with Crippen LogP contribution in [0.2, 0.25) is 0 Å². The monoisotopic (exact) mass is 500 g/mol. The van der Waals surface area contributed by atoms with Crippen molar-refractivity contribution in [2.45, 2.75) is 103 Å². The van der Waals surface area contributed by atoms with E-state index in [1.165, 1.54) is 0 Å². The van der Waals surface area contributed by atoms with E-state index in [1.54, 1.807) is 6.07 Å². The summed E-state index contributed by atoms with van der Waals surface area (Å²) in [6.45, 7) is 3.15. The van der Waals surface area contributed by atoms with Crippen LogP contribution in [0, 0.1) is 17.8 Å². The highest BCUT2D eigenvalue weighted by molar-refractivity contribution is 5.71. The van der Waals surface area contributed by atoms with Crippen molar-refractivity contribution in [3.63, 3.8) is 0 Å². The predicted molar refractivity (Wildman–Crippen MR) is 126 cm³/mol. The summed E-state index contributed by atoms with van der Waals surface area (Å²) < 4.78 is 49.2. The number of hydrogen-bond donors (Lipinski definition) is 2. The van der Waals surface area contributed by atoms with Gasteiger partial charge in [0.25, 0.3) is 0 Å². The number of carbonyl (C=O) groups excluding carboxylic acids is 1. The number of carbonyl (C=O) groups is 1. The summed E-state index contributed by atoms with van der Waals surface area (Å²) in [5.41, 5.74) is -0.561. The van der Waals surface area contributed by atoms with Crippen LogP contribution in [0.25, 0.3) is 0 Å². The number of benzene rings is 1. The van der Waals surface area contributed by atoms with Gasteiger partial charge in [-0.05, 0) is 87.3 Å². The molecule has 1 aromatic carbocycles. The molecule has 0 spiro atoms. The van der Waals surface area contributed by atoms with Crippen molar-refractivity contribution in [3.8, 4) is 5.75 Å². The topological polar surface area (TPSA) is 76.0 Å². The van der Waals surface area contributed by atoms with Crippen LogP contribution in [0.4, 0.5) is 13.2 Å². The first kappa shape index (κ1) is 27.8. The molecule has 0 saturated heterocycles. The van der Waals surface area contributed by atoms with Gasteiger partial charge in [0.2, 0.25) is 5.60 Å². The van der Waals surface area contributed by atoms with E-state index >= 15 is 0 Å². The Labute approximate surface area is 206 Å². The van der Waals surface area contributed by atoms with Gasteiger partial charge >= 0.3 is 12.1 Å². The lowest BCUT2D eigenvalue weighted by Crippen LogP contribution is -2.44. The molecule has 0 heterocycles. The Morgan fingerprint density at radius 3 is 2.60 bits per heavy atom. The lowest BCUT2D eigenvalue weighted by Gasteiger charge is -2.32. The quantitative estimate of drug-likeness (QED) is 0.315. The van der Waals surface area contributed by atoms with Crippen molar-refractivity contribution in [3.05, 3.63) is 29.3 Å². The second-order valence-corrected chi connectivity index (χ2v) is 10.7. The fourth-order valence-electron chi connectivity index (χ4n) is 5.61. The number of unbranched alkanes of at least 4 members (excludes halogenated alkanes) is 2. The molecule has 8 heteroatoms.